The topological polar surface area (TPSA) is 101 Å². The third kappa shape index (κ3) is 3.25. The minimum atomic E-state index is -1.43. The summed E-state index contributed by atoms with van der Waals surface area (Å²) in [5.41, 5.74) is 5.31. The first-order chi connectivity index (χ1) is 7.52. The summed E-state index contributed by atoms with van der Waals surface area (Å²) in [6.07, 6.45) is 0. The molecule has 1 aromatic rings. The molecule has 1 rings (SSSR count). The van der Waals surface area contributed by atoms with Crippen molar-refractivity contribution < 1.29 is 19.8 Å². The molecule has 86 valence electrons. The fourth-order valence-electron chi connectivity index (χ4n) is 1.05. The monoisotopic (exact) mass is 241 g/mol. The van der Waals surface area contributed by atoms with Gasteiger partial charge in [0.05, 0.1) is 0 Å². The van der Waals surface area contributed by atoms with Gasteiger partial charge in [-0.3, -0.25) is 9.59 Å². The van der Waals surface area contributed by atoms with Crippen molar-refractivity contribution in [2.24, 2.45) is 5.73 Å². The zero-order chi connectivity index (χ0) is 12.1. The SMILES string of the molecule is NC(C(=O)O)C(Sc1ccccc1)C(=O)O. The number of aliphatic carboxylic acids is 2. The Balaban J connectivity index is 2.81. The smallest absolute Gasteiger partial charge is 0.322 e. The molecular weight excluding hydrogens is 230 g/mol. The lowest BCUT2D eigenvalue weighted by Crippen LogP contribution is -2.44. The van der Waals surface area contributed by atoms with Gasteiger partial charge >= 0.3 is 11.9 Å². The number of carboxylic acids is 2. The van der Waals surface area contributed by atoms with Crippen molar-refractivity contribution in [3.8, 4) is 0 Å². The van der Waals surface area contributed by atoms with Crippen molar-refractivity contribution in [3.63, 3.8) is 0 Å². The second kappa shape index (κ2) is 5.53. The van der Waals surface area contributed by atoms with Crippen molar-refractivity contribution in [2.75, 3.05) is 0 Å². The van der Waals surface area contributed by atoms with Crippen LogP contribution in [-0.2, 0) is 9.59 Å². The third-order valence-electron chi connectivity index (χ3n) is 1.86. The summed E-state index contributed by atoms with van der Waals surface area (Å²) in [5.74, 6) is -2.56. The van der Waals surface area contributed by atoms with Crippen LogP contribution in [0.15, 0.2) is 35.2 Å². The molecule has 0 aliphatic carbocycles. The third-order valence-corrected chi connectivity index (χ3v) is 3.15. The fourth-order valence-corrected chi connectivity index (χ4v) is 2.02. The molecule has 0 saturated heterocycles. The van der Waals surface area contributed by atoms with Gasteiger partial charge in [0.2, 0.25) is 0 Å². The number of carboxylic acid groups (broad SMARTS) is 2. The minimum Gasteiger partial charge on any atom is -0.480 e. The summed E-state index contributed by atoms with van der Waals surface area (Å²) >= 11 is 0.928. The molecule has 2 atom stereocenters. The van der Waals surface area contributed by atoms with E-state index in [2.05, 4.69) is 0 Å². The fraction of sp³-hybridized carbons (Fsp3) is 0.200. The Hall–Kier alpha value is -1.53. The molecule has 16 heavy (non-hydrogen) atoms. The predicted molar refractivity (Wildman–Crippen MR) is 59.3 cm³/mol. The van der Waals surface area contributed by atoms with Crippen LogP contribution in [-0.4, -0.2) is 33.4 Å². The second-order valence-corrected chi connectivity index (χ2v) is 4.27. The number of carbonyl (C=O) groups is 2. The predicted octanol–water partition coefficient (Wildman–Crippen LogP) is 0.644. The maximum atomic E-state index is 10.9. The first-order valence-electron chi connectivity index (χ1n) is 4.45. The van der Waals surface area contributed by atoms with E-state index in [1.54, 1.807) is 30.3 Å². The Morgan fingerprint density at radius 1 is 1.12 bits per heavy atom. The molecule has 0 aliphatic rings. The van der Waals surface area contributed by atoms with E-state index < -0.39 is 23.2 Å². The van der Waals surface area contributed by atoms with Crippen LogP contribution in [0.25, 0.3) is 0 Å². The van der Waals surface area contributed by atoms with Gasteiger partial charge in [0.1, 0.15) is 11.3 Å². The largest absolute Gasteiger partial charge is 0.480 e. The minimum absolute atomic E-state index is 0.673. The summed E-state index contributed by atoms with van der Waals surface area (Å²) in [4.78, 5) is 22.2. The summed E-state index contributed by atoms with van der Waals surface area (Å²) in [5, 5.41) is 16.4. The van der Waals surface area contributed by atoms with Gasteiger partial charge in [0, 0.05) is 4.90 Å². The molecule has 6 heteroatoms. The lowest BCUT2D eigenvalue weighted by atomic mass is 10.2. The molecule has 0 radical (unpaired) electrons. The summed E-state index contributed by atoms with van der Waals surface area (Å²) in [6.45, 7) is 0. The number of benzene rings is 1. The Kier molecular flexibility index (Phi) is 4.33. The van der Waals surface area contributed by atoms with Gasteiger partial charge in [-0.1, -0.05) is 18.2 Å². The van der Waals surface area contributed by atoms with Gasteiger partial charge in [-0.25, -0.2) is 0 Å². The highest BCUT2D eigenvalue weighted by Crippen LogP contribution is 2.24. The average Bonchev–Trinajstić information content (AvgIpc) is 2.26. The van der Waals surface area contributed by atoms with Crippen LogP contribution < -0.4 is 5.73 Å². The van der Waals surface area contributed by atoms with E-state index in [0.717, 1.165) is 11.8 Å². The molecule has 0 aromatic heterocycles. The molecule has 0 saturated carbocycles. The van der Waals surface area contributed by atoms with E-state index in [1.165, 1.54) is 0 Å². The Labute approximate surface area is 96.3 Å². The molecule has 0 amide bonds. The van der Waals surface area contributed by atoms with Crippen LogP contribution in [0, 0.1) is 0 Å². The van der Waals surface area contributed by atoms with Crippen LogP contribution in [0.2, 0.25) is 0 Å². The maximum Gasteiger partial charge on any atom is 0.322 e. The average molecular weight is 241 g/mol. The van der Waals surface area contributed by atoms with Crippen molar-refractivity contribution in [1.82, 2.24) is 0 Å². The summed E-state index contributed by atoms with van der Waals surface area (Å²) < 4.78 is 0. The highest BCUT2D eigenvalue weighted by Gasteiger charge is 2.31. The van der Waals surface area contributed by atoms with E-state index in [4.69, 9.17) is 15.9 Å². The van der Waals surface area contributed by atoms with Crippen LogP contribution in [0.4, 0.5) is 0 Å². The number of hydrogen-bond donors (Lipinski definition) is 3. The van der Waals surface area contributed by atoms with Gasteiger partial charge < -0.3 is 15.9 Å². The Morgan fingerprint density at radius 3 is 2.12 bits per heavy atom. The molecule has 5 nitrogen and oxygen atoms in total. The van der Waals surface area contributed by atoms with Crippen molar-refractivity contribution in [2.45, 2.75) is 16.2 Å². The van der Waals surface area contributed by atoms with Gasteiger partial charge in [0.25, 0.3) is 0 Å². The Morgan fingerprint density at radius 2 is 1.69 bits per heavy atom. The van der Waals surface area contributed by atoms with Crippen LogP contribution in [0.5, 0.6) is 0 Å². The molecule has 0 spiro atoms. The van der Waals surface area contributed by atoms with Crippen LogP contribution in [0.1, 0.15) is 0 Å². The summed E-state index contributed by atoms with van der Waals surface area (Å²) in [7, 11) is 0. The first kappa shape index (κ1) is 12.5. The Bertz CT molecular complexity index is 382. The standard InChI is InChI=1S/C10H11NO4S/c11-7(9(12)13)8(10(14)15)16-6-4-2-1-3-5-6/h1-5,7-8H,11H2,(H,12,13)(H,14,15). The molecule has 0 fully saturated rings. The van der Waals surface area contributed by atoms with Gasteiger partial charge in [-0.05, 0) is 12.1 Å². The van der Waals surface area contributed by atoms with Crippen LogP contribution >= 0.6 is 11.8 Å². The molecular formula is C10H11NO4S. The number of thioether (sulfide) groups is 1. The number of nitrogens with two attached hydrogens (primary N) is 1. The number of rotatable bonds is 5. The molecule has 0 aliphatic heterocycles. The zero-order valence-electron chi connectivity index (χ0n) is 8.24. The highest BCUT2D eigenvalue weighted by atomic mass is 32.2. The van der Waals surface area contributed by atoms with E-state index >= 15 is 0 Å². The number of hydrogen-bond acceptors (Lipinski definition) is 4. The summed E-state index contributed by atoms with van der Waals surface area (Å²) in [6, 6.07) is 7.25. The van der Waals surface area contributed by atoms with E-state index in [-0.39, 0.29) is 0 Å². The lowest BCUT2D eigenvalue weighted by Gasteiger charge is -2.15. The van der Waals surface area contributed by atoms with Crippen molar-refractivity contribution in [1.29, 1.82) is 0 Å². The lowest BCUT2D eigenvalue weighted by molar-refractivity contribution is -0.144. The van der Waals surface area contributed by atoms with Crippen LogP contribution in [0.3, 0.4) is 0 Å². The van der Waals surface area contributed by atoms with E-state index in [0.29, 0.717) is 4.90 Å². The van der Waals surface area contributed by atoms with E-state index in [1.807, 2.05) is 0 Å². The highest BCUT2D eigenvalue weighted by molar-refractivity contribution is 8.00. The van der Waals surface area contributed by atoms with Gasteiger partial charge in [-0.2, -0.15) is 0 Å². The second-order valence-electron chi connectivity index (χ2n) is 3.05. The molecule has 0 heterocycles. The van der Waals surface area contributed by atoms with Crippen molar-refractivity contribution >= 4 is 23.7 Å². The molecule has 1 aromatic carbocycles. The van der Waals surface area contributed by atoms with Gasteiger partial charge in [-0.15, -0.1) is 11.8 Å². The quantitative estimate of drug-likeness (QED) is 0.654. The zero-order valence-corrected chi connectivity index (χ0v) is 9.05. The van der Waals surface area contributed by atoms with Gasteiger partial charge in [0.15, 0.2) is 0 Å². The first-order valence-corrected chi connectivity index (χ1v) is 5.33. The molecule has 2 unspecified atom stereocenters. The molecule has 0 bridgehead atoms. The maximum absolute atomic E-state index is 10.9. The normalized spacial score (nSPS) is 14.1. The molecule has 4 N–H and O–H groups in total. The van der Waals surface area contributed by atoms with E-state index in [9.17, 15) is 9.59 Å². The van der Waals surface area contributed by atoms with Crippen molar-refractivity contribution in [3.05, 3.63) is 30.3 Å².